The zero-order valence-electron chi connectivity index (χ0n) is 10.4. The Morgan fingerprint density at radius 1 is 1.05 bits per heavy atom. The molecule has 100 valence electrons. The first-order valence-corrected chi connectivity index (χ1v) is 6.40. The summed E-state index contributed by atoms with van der Waals surface area (Å²) in [6.45, 7) is 0. The summed E-state index contributed by atoms with van der Waals surface area (Å²) in [6.07, 6.45) is 0. The van der Waals surface area contributed by atoms with Gasteiger partial charge in [-0.05, 0) is 12.1 Å². The van der Waals surface area contributed by atoms with Crippen molar-refractivity contribution >= 4 is 17.4 Å². The molecular formula is C15H11ClFN3. The van der Waals surface area contributed by atoms with E-state index in [4.69, 9.17) is 17.3 Å². The van der Waals surface area contributed by atoms with Gasteiger partial charge in [-0.15, -0.1) is 0 Å². The van der Waals surface area contributed by atoms with Crippen LogP contribution in [0.2, 0.25) is 5.02 Å². The molecule has 0 radical (unpaired) electrons. The van der Waals surface area contributed by atoms with E-state index >= 15 is 0 Å². The lowest BCUT2D eigenvalue weighted by molar-refractivity contribution is 0.612. The minimum absolute atomic E-state index is 0.161. The molecule has 0 amide bonds. The molecule has 20 heavy (non-hydrogen) atoms. The summed E-state index contributed by atoms with van der Waals surface area (Å²) < 4.78 is 15.2. The van der Waals surface area contributed by atoms with E-state index in [2.05, 4.69) is 5.10 Å². The van der Waals surface area contributed by atoms with Gasteiger partial charge in [0.25, 0.3) is 0 Å². The Bertz CT molecular complexity index is 733. The molecule has 3 aromatic rings. The molecule has 0 saturated carbocycles. The van der Waals surface area contributed by atoms with Gasteiger partial charge in [0.1, 0.15) is 17.3 Å². The number of nitrogens with two attached hydrogens (primary N) is 1. The standard InChI is InChI=1S/C15H11ClFN3/c16-11-7-4-8-12(17)15(11)20-14(18)9-13(19-20)10-5-2-1-3-6-10/h1-9H,18H2. The molecule has 3 nitrogen and oxygen atoms in total. The maximum Gasteiger partial charge on any atom is 0.150 e. The molecular weight excluding hydrogens is 277 g/mol. The Labute approximate surface area is 120 Å². The first-order chi connectivity index (χ1) is 9.66. The van der Waals surface area contributed by atoms with Gasteiger partial charge in [-0.3, -0.25) is 0 Å². The number of para-hydroxylation sites is 1. The van der Waals surface area contributed by atoms with Gasteiger partial charge in [0.05, 0.1) is 10.7 Å². The molecule has 0 bridgehead atoms. The van der Waals surface area contributed by atoms with Gasteiger partial charge in [0, 0.05) is 11.6 Å². The highest BCUT2D eigenvalue weighted by Gasteiger charge is 2.15. The summed E-state index contributed by atoms with van der Waals surface area (Å²) in [5, 5.41) is 4.60. The smallest absolute Gasteiger partial charge is 0.150 e. The molecule has 0 aliphatic heterocycles. The molecule has 0 aliphatic carbocycles. The fourth-order valence-electron chi connectivity index (χ4n) is 2.02. The molecule has 5 heteroatoms. The van der Waals surface area contributed by atoms with Crippen molar-refractivity contribution in [1.29, 1.82) is 0 Å². The van der Waals surface area contributed by atoms with Gasteiger partial charge < -0.3 is 5.73 Å². The number of rotatable bonds is 2. The van der Waals surface area contributed by atoms with Gasteiger partial charge in [-0.25, -0.2) is 9.07 Å². The quantitative estimate of drug-likeness (QED) is 0.776. The average Bonchev–Trinajstić information content (AvgIpc) is 2.82. The second-order valence-electron chi connectivity index (χ2n) is 4.30. The van der Waals surface area contributed by atoms with Crippen molar-refractivity contribution in [3.05, 3.63) is 65.4 Å². The third-order valence-electron chi connectivity index (χ3n) is 2.96. The van der Waals surface area contributed by atoms with E-state index in [9.17, 15) is 4.39 Å². The predicted octanol–water partition coefficient (Wildman–Crippen LogP) is 3.91. The molecule has 2 aromatic carbocycles. The van der Waals surface area contributed by atoms with E-state index < -0.39 is 5.82 Å². The van der Waals surface area contributed by atoms with Gasteiger partial charge in [0.2, 0.25) is 0 Å². The normalized spacial score (nSPS) is 10.7. The van der Waals surface area contributed by atoms with Crippen LogP contribution in [0.4, 0.5) is 10.2 Å². The van der Waals surface area contributed by atoms with Crippen molar-refractivity contribution < 1.29 is 4.39 Å². The Kier molecular flexibility index (Phi) is 3.16. The summed E-state index contributed by atoms with van der Waals surface area (Å²) in [6, 6.07) is 15.7. The highest BCUT2D eigenvalue weighted by Crippen LogP contribution is 2.28. The third-order valence-corrected chi connectivity index (χ3v) is 3.26. The Hall–Kier alpha value is -2.33. The minimum Gasteiger partial charge on any atom is -0.384 e. The van der Waals surface area contributed by atoms with E-state index in [1.54, 1.807) is 18.2 Å². The number of nitrogen functional groups attached to an aromatic ring is 1. The monoisotopic (exact) mass is 287 g/mol. The summed E-state index contributed by atoms with van der Waals surface area (Å²) in [4.78, 5) is 0. The van der Waals surface area contributed by atoms with Crippen LogP contribution in [0.15, 0.2) is 54.6 Å². The molecule has 0 fully saturated rings. The molecule has 1 heterocycles. The van der Waals surface area contributed by atoms with E-state index in [0.717, 1.165) is 5.56 Å². The van der Waals surface area contributed by atoms with Crippen LogP contribution < -0.4 is 5.73 Å². The SMILES string of the molecule is Nc1cc(-c2ccccc2)nn1-c1c(F)cccc1Cl. The number of hydrogen-bond donors (Lipinski definition) is 1. The Balaban J connectivity index is 2.15. The van der Waals surface area contributed by atoms with E-state index in [0.29, 0.717) is 11.5 Å². The van der Waals surface area contributed by atoms with Crippen LogP contribution in [0, 0.1) is 5.82 Å². The summed E-state index contributed by atoms with van der Waals surface area (Å²) in [5.41, 5.74) is 7.66. The number of benzene rings is 2. The van der Waals surface area contributed by atoms with Crippen LogP contribution in [0.25, 0.3) is 16.9 Å². The van der Waals surface area contributed by atoms with E-state index in [1.165, 1.54) is 10.7 Å². The van der Waals surface area contributed by atoms with Crippen molar-refractivity contribution in [3.8, 4) is 16.9 Å². The maximum absolute atomic E-state index is 13.9. The van der Waals surface area contributed by atoms with Crippen LogP contribution in [-0.2, 0) is 0 Å². The third kappa shape index (κ3) is 2.14. The van der Waals surface area contributed by atoms with Crippen LogP contribution in [-0.4, -0.2) is 9.78 Å². The van der Waals surface area contributed by atoms with Crippen molar-refractivity contribution in [2.24, 2.45) is 0 Å². The average molecular weight is 288 g/mol. The lowest BCUT2D eigenvalue weighted by Crippen LogP contribution is -2.04. The second-order valence-corrected chi connectivity index (χ2v) is 4.71. The van der Waals surface area contributed by atoms with Crippen LogP contribution in [0.1, 0.15) is 0 Å². The molecule has 0 unspecified atom stereocenters. The largest absolute Gasteiger partial charge is 0.384 e. The van der Waals surface area contributed by atoms with Crippen LogP contribution >= 0.6 is 11.6 Å². The van der Waals surface area contributed by atoms with Crippen LogP contribution in [0.3, 0.4) is 0 Å². The fraction of sp³-hybridized carbons (Fsp3) is 0. The van der Waals surface area contributed by atoms with Crippen LogP contribution in [0.5, 0.6) is 0 Å². The zero-order valence-corrected chi connectivity index (χ0v) is 11.2. The topological polar surface area (TPSA) is 43.8 Å². The summed E-state index contributed by atoms with van der Waals surface area (Å²) >= 11 is 6.03. The lowest BCUT2D eigenvalue weighted by Gasteiger charge is -2.07. The summed E-state index contributed by atoms with van der Waals surface area (Å²) in [7, 11) is 0. The molecule has 1 aromatic heterocycles. The van der Waals surface area contributed by atoms with Gasteiger partial charge in [-0.2, -0.15) is 5.10 Å². The van der Waals surface area contributed by atoms with E-state index in [-0.39, 0.29) is 10.7 Å². The maximum atomic E-state index is 13.9. The lowest BCUT2D eigenvalue weighted by atomic mass is 10.2. The van der Waals surface area contributed by atoms with Crippen molar-refractivity contribution in [1.82, 2.24) is 9.78 Å². The highest BCUT2D eigenvalue weighted by atomic mass is 35.5. The predicted molar refractivity (Wildman–Crippen MR) is 78.4 cm³/mol. The molecule has 0 atom stereocenters. The fourth-order valence-corrected chi connectivity index (χ4v) is 2.26. The number of halogens is 2. The van der Waals surface area contributed by atoms with Crippen molar-refractivity contribution in [2.45, 2.75) is 0 Å². The Morgan fingerprint density at radius 3 is 2.50 bits per heavy atom. The van der Waals surface area contributed by atoms with Gasteiger partial charge in [-0.1, -0.05) is 48.0 Å². The van der Waals surface area contributed by atoms with Crippen molar-refractivity contribution in [2.75, 3.05) is 5.73 Å². The minimum atomic E-state index is -0.466. The highest BCUT2D eigenvalue weighted by molar-refractivity contribution is 6.32. The molecule has 0 spiro atoms. The summed E-state index contributed by atoms with van der Waals surface area (Å²) in [5.74, 6) is -0.136. The number of nitrogens with zero attached hydrogens (tertiary/aromatic N) is 2. The molecule has 0 aliphatic rings. The van der Waals surface area contributed by atoms with E-state index in [1.807, 2.05) is 30.3 Å². The number of aromatic nitrogens is 2. The zero-order chi connectivity index (χ0) is 14.1. The first kappa shape index (κ1) is 12.7. The molecule has 2 N–H and O–H groups in total. The second kappa shape index (κ2) is 4.98. The number of anilines is 1. The first-order valence-electron chi connectivity index (χ1n) is 6.02. The van der Waals surface area contributed by atoms with Gasteiger partial charge >= 0.3 is 0 Å². The Morgan fingerprint density at radius 2 is 1.80 bits per heavy atom. The van der Waals surface area contributed by atoms with Crippen molar-refractivity contribution in [3.63, 3.8) is 0 Å². The molecule has 0 saturated heterocycles. The molecule has 3 rings (SSSR count). The van der Waals surface area contributed by atoms with Gasteiger partial charge in [0.15, 0.2) is 0 Å². The number of hydrogen-bond acceptors (Lipinski definition) is 2.